The number of nitrogens with zero attached hydrogens (tertiary/aromatic N) is 2. The first-order chi connectivity index (χ1) is 10.6. The lowest BCUT2D eigenvalue weighted by Crippen LogP contribution is -2.46. The molecule has 7 nitrogen and oxygen atoms in total. The van der Waals surface area contributed by atoms with Crippen molar-refractivity contribution in [1.82, 2.24) is 14.9 Å². The van der Waals surface area contributed by atoms with Crippen molar-refractivity contribution in [3.63, 3.8) is 0 Å². The number of nitrogens with one attached hydrogen (secondary N) is 1. The Kier molecular flexibility index (Phi) is 3.81. The van der Waals surface area contributed by atoms with Gasteiger partial charge in [0, 0.05) is 18.2 Å². The van der Waals surface area contributed by atoms with Gasteiger partial charge in [-0.05, 0) is 31.0 Å². The summed E-state index contributed by atoms with van der Waals surface area (Å²) in [6.07, 6.45) is 2.59. The number of carboxylic acid groups (broad SMARTS) is 1. The number of aliphatic carboxylic acids is 1. The van der Waals surface area contributed by atoms with Crippen molar-refractivity contribution in [3.8, 4) is 0 Å². The Balaban J connectivity index is 1.68. The molecule has 2 aromatic rings. The standard InChI is InChI=1S/C15H17N3O4/c19-4-3-18-8-16-12-7-9(1-2-13(12)18)14(20)17-11-5-10(6-11)15(21)22/h1-2,7-8,10-11,19H,3-6H2,(H,17,20)(H,21,22). The van der Waals surface area contributed by atoms with Gasteiger partial charge in [-0.25, -0.2) is 4.98 Å². The third kappa shape index (κ3) is 2.67. The first-order valence-corrected chi connectivity index (χ1v) is 7.18. The van der Waals surface area contributed by atoms with E-state index < -0.39 is 5.97 Å². The molecule has 1 saturated carbocycles. The van der Waals surface area contributed by atoms with Crippen LogP contribution >= 0.6 is 0 Å². The Labute approximate surface area is 126 Å². The van der Waals surface area contributed by atoms with Crippen molar-refractivity contribution in [2.45, 2.75) is 25.4 Å². The Morgan fingerprint density at radius 1 is 1.36 bits per heavy atom. The molecule has 0 atom stereocenters. The van der Waals surface area contributed by atoms with Crippen LogP contribution in [-0.4, -0.2) is 44.3 Å². The monoisotopic (exact) mass is 303 g/mol. The van der Waals surface area contributed by atoms with Crippen LogP contribution in [0.4, 0.5) is 0 Å². The molecule has 7 heteroatoms. The number of amides is 1. The number of rotatable bonds is 5. The maximum Gasteiger partial charge on any atom is 0.306 e. The number of imidazole rings is 1. The van der Waals surface area contributed by atoms with Crippen LogP contribution in [0.5, 0.6) is 0 Å². The third-order valence-corrected chi connectivity index (χ3v) is 4.05. The van der Waals surface area contributed by atoms with Crippen molar-refractivity contribution in [1.29, 1.82) is 0 Å². The molecule has 3 rings (SSSR count). The van der Waals surface area contributed by atoms with Gasteiger partial charge in [0.25, 0.3) is 5.91 Å². The number of benzene rings is 1. The summed E-state index contributed by atoms with van der Waals surface area (Å²) in [7, 11) is 0. The number of hydrogen-bond acceptors (Lipinski definition) is 4. The van der Waals surface area contributed by atoms with Crippen LogP contribution in [0.1, 0.15) is 23.2 Å². The molecular weight excluding hydrogens is 286 g/mol. The van der Waals surface area contributed by atoms with Crippen LogP contribution in [0, 0.1) is 5.92 Å². The lowest BCUT2D eigenvalue weighted by molar-refractivity contribution is -0.145. The van der Waals surface area contributed by atoms with E-state index in [0.29, 0.717) is 30.5 Å². The van der Waals surface area contributed by atoms with Crippen molar-refractivity contribution in [2.24, 2.45) is 5.92 Å². The molecule has 0 saturated heterocycles. The van der Waals surface area contributed by atoms with E-state index in [9.17, 15) is 9.59 Å². The van der Waals surface area contributed by atoms with Crippen molar-refractivity contribution < 1.29 is 19.8 Å². The second-order valence-corrected chi connectivity index (χ2v) is 5.54. The summed E-state index contributed by atoms with van der Waals surface area (Å²) in [5.74, 6) is -1.37. The molecule has 1 aliphatic rings. The van der Waals surface area contributed by atoms with Gasteiger partial charge in [-0.1, -0.05) is 0 Å². The fraction of sp³-hybridized carbons (Fsp3) is 0.400. The summed E-state index contributed by atoms with van der Waals surface area (Å²) in [5, 5.41) is 20.6. The van der Waals surface area contributed by atoms with E-state index in [0.717, 1.165) is 5.52 Å². The molecule has 0 unspecified atom stereocenters. The lowest BCUT2D eigenvalue weighted by atomic mass is 9.80. The highest BCUT2D eigenvalue weighted by Gasteiger charge is 2.35. The average molecular weight is 303 g/mol. The molecule has 116 valence electrons. The van der Waals surface area contributed by atoms with E-state index in [2.05, 4.69) is 10.3 Å². The predicted molar refractivity (Wildman–Crippen MR) is 78.4 cm³/mol. The highest BCUT2D eigenvalue weighted by molar-refractivity contribution is 5.97. The molecular formula is C15H17N3O4. The summed E-state index contributed by atoms with van der Waals surface area (Å²) >= 11 is 0. The van der Waals surface area contributed by atoms with Gasteiger partial charge in [-0.15, -0.1) is 0 Å². The minimum atomic E-state index is -0.804. The van der Waals surface area contributed by atoms with Gasteiger partial charge in [0.15, 0.2) is 0 Å². The minimum Gasteiger partial charge on any atom is -0.481 e. The van der Waals surface area contributed by atoms with E-state index in [1.54, 1.807) is 24.5 Å². The molecule has 1 fully saturated rings. The quantitative estimate of drug-likeness (QED) is 0.751. The summed E-state index contributed by atoms with van der Waals surface area (Å²) in [6, 6.07) is 5.14. The summed E-state index contributed by atoms with van der Waals surface area (Å²) in [4.78, 5) is 27.1. The average Bonchev–Trinajstić information content (AvgIpc) is 2.84. The van der Waals surface area contributed by atoms with Gasteiger partial charge in [0.1, 0.15) is 0 Å². The zero-order valence-electron chi connectivity index (χ0n) is 11.9. The van der Waals surface area contributed by atoms with Crippen LogP contribution in [0.25, 0.3) is 11.0 Å². The molecule has 1 aromatic carbocycles. The lowest BCUT2D eigenvalue weighted by Gasteiger charge is -2.32. The Hall–Kier alpha value is -2.41. The highest BCUT2D eigenvalue weighted by Crippen LogP contribution is 2.27. The first-order valence-electron chi connectivity index (χ1n) is 7.18. The summed E-state index contributed by atoms with van der Waals surface area (Å²) < 4.78 is 1.82. The number of aliphatic hydroxyl groups excluding tert-OH is 1. The number of carboxylic acids is 1. The second kappa shape index (κ2) is 5.76. The minimum absolute atomic E-state index is 0.0279. The fourth-order valence-corrected chi connectivity index (χ4v) is 2.70. The molecule has 0 aliphatic heterocycles. The summed E-state index contributed by atoms with van der Waals surface area (Å²) in [6.45, 7) is 0.487. The maximum atomic E-state index is 12.2. The van der Waals surface area contributed by atoms with Crippen LogP contribution in [0.2, 0.25) is 0 Å². The molecule has 1 aromatic heterocycles. The molecule has 3 N–H and O–H groups in total. The number of aliphatic hydroxyl groups is 1. The molecule has 22 heavy (non-hydrogen) atoms. The molecule has 0 radical (unpaired) electrons. The van der Waals surface area contributed by atoms with Gasteiger partial charge in [-0.3, -0.25) is 9.59 Å². The van der Waals surface area contributed by atoms with Crippen LogP contribution in [-0.2, 0) is 11.3 Å². The SMILES string of the molecule is O=C(NC1CC(C(=O)O)C1)c1ccc2c(c1)ncn2CCO. The van der Waals surface area contributed by atoms with E-state index in [-0.39, 0.29) is 24.5 Å². The molecule has 0 bridgehead atoms. The van der Waals surface area contributed by atoms with E-state index in [4.69, 9.17) is 10.2 Å². The molecule has 1 aliphatic carbocycles. The van der Waals surface area contributed by atoms with E-state index in [1.807, 2.05) is 4.57 Å². The van der Waals surface area contributed by atoms with Gasteiger partial charge >= 0.3 is 5.97 Å². The summed E-state index contributed by atoms with van der Waals surface area (Å²) in [5.41, 5.74) is 2.05. The Bertz CT molecular complexity index is 719. The number of carbonyl (C=O) groups excluding carboxylic acids is 1. The topological polar surface area (TPSA) is 104 Å². The van der Waals surface area contributed by atoms with E-state index >= 15 is 0 Å². The van der Waals surface area contributed by atoms with Crippen molar-refractivity contribution in [2.75, 3.05) is 6.61 Å². The number of aromatic nitrogens is 2. The van der Waals surface area contributed by atoms with Crippen LogP contribution in [0.15, 0.2) is 24.5 Å². The highest BCUT2D eigenvalue weighted by atomic mass is 16.4. The van der Waals surface area contributed by atoms with Gasteiger partial charge < -0.3 is 20.1 Å². The van der Waals surface area contributed by atoms with Crippen molar-refractivity contribution in [3.05, 3.63) is 30.1 Å². The maximum absolute atomic E-state index is 12.2. The Morgan fingerprint density at radius 2 is 2.14 bits per heavy atom. The zero-order valence-corrected chi connectivity index (χ0v) is 11.9. The fourth-order valence-electron chi connectivity index (χ4n) is 2.70. The normalized spacial score (nSPS) is 20.6. The number of fused-ring (bicyclic) bond motifs is 1. The van der Waals surface area contributed by atoms with Gasteiger partial charge in [0.2, 0.25) is 0 Å². The second-order valence-electron chi connectivity index (χ2n) is 5.54. The Morgan fingerprint density at radius 3 is 2.82 bits per heavy atom. The third-order valence-electron chi connectivity index (χ3n) is 4.05. The first kappa shape index (κ1) is 14.5. The predicted octanol–water partition coefficient (Wildman–Crippen LogP) is 0.622. The van der Waals surface area contributed by atoms with Gasteiger partial charge in [-0.2, -0.15) is 0 Å². The molecule has 1 heterocycles. The smallest absolute Gasteiger partial charge is 0.306 e. The van der Waals surface area contributed by atoms with Crippen LogP contribution in [0.3, 0.4) is 0 Å². The zero-order chi connectivity index (χ0) is 15.7. The number of carbonyl (C=O) groups is 2. The van der Waals surface area contributed by atoms with E-state index in [1.165, 1.54) is 0 Å². The van der Waals surface area contributed by atoms with Crippen molar-refractivity contribution >= 4 is 22.9 Å². The van der Waals surface area contributed by atoms with Crippen LogP contribution < -0.4 is 5.32 Å². The molecule has 1 amide bonds. The molecule has 0 spiro atoms. The van der Waals surface area contributed by atoms with Gasteiger partial charge in [0.05, 0.1) is 29.9 Å². The number of hydrogen-bond donors (Lipinski definition) is 3. The largest absolute Gasteiger partial charge is 0.481 e.